The van der Waals surface area contributed by atoms with Crippen molar-refractivity contribution in [2.75, 3.05) is 26.7 Å². The molecule has 1 aromatic carbocycles. The Balaban J connectivity index is 2.16. The van der Waals surface area contributed by atoms with Gasteiger partial charge in [-0.05, 0) is 56.5 Å². The van der Waals surface area contributed by atoms with Gasteiger partial charge in [-0.15, -0.1) is 0 Å². The van der Waals surface area contributed by atoms with Crippen molar-refractivity contribution in [3.8, 4) is 0 Å². The van der Waals surface area contributed by atoms with E-state index >= 15 is 0 Å². The number of aryl methyl sites for hydroxylation is 1. The second-order valence-corrected chi connectivity index (χ2v) is 7.83. The fourth-order valence-electron chi connectivity index (χ4n) is 2.51. The van der Waals surface area contributed by atoms with Gasteiger partial charge in [0.25, 0.3) is 0 Å². The van der Waals surface area contributed by atoms with Crippen molar-refractivity contribution in [3.05, 3.63) is 28.8 Å². The average molecular weight is 317 g/mol. The Morgan fingerprint density at radius 2 is 2.00 bits per heavy atom. The lowest BCUT2D eigenvalue weighted by atomic mass is 9.98. The summed E-state index contributed by atoms with van der Waals surface area (Å²) in [7, 11) is -1.87. The van der Waals surface area contributed by atoms with Crippen LogP contribution in [-0.2, 0) is 10.0 Å². The maximum absolute atomic E-state index is 12.6. The van der Waals surface area contributed by atoms with Gasteiger partial charge in [0, 0.05) is 13.6 Å². The highest BCUT2D eigenvalue weighted by Crippen LogP contribution is 2.26. The van der Waals surface area contributed by atoms with E-state index in [0.717, 1.165) is 31.5 Å². The van der Waals surface area contributed by atoms with E-state index in [4.69, 9.17) is 11.6 Å². The Labute approximate surface area is 126 Å². The van der Waals surface area contributed by atoms with Crippen LogP contribution in [0.25, 0.3) is 0 Å². The lowest BCUT2D eigenvalue weighted by Gasteiger charge is -2.27. The molecule has 1 heterocycles. The molecule has 1 aliphatic rings. The third kappa shape index (κ3) is 3.52. The molecule has 1 aliphatic heterocycles. The van der Waals surface area contributed by atoms with Gasteiger partial charge in [0.15, 0.2) is 0 Å². The number of benzene rings is 1. The summed E-state index contributed by atoms with van der Waals surface area (Å²) in [5.74, 6) is 0.417. The predicted octanol–water partition coefficient (Wildman–Crippen LogP) is 2.27. The minimum absolute atomic E-state index is 0.196. The quantitative estimate of drug-likeness (QED) is 0.927. The van der Waals surface area contributed by atoms with Gasteiger partial charge >= 0.3 is 0 Å². The zero-order valence-electron chi connectivity index (χ0n) is 11.9. The molecule has 1 fully saturated rings. The molecule has 112 valence electrons. The zero-order valence-corrected chi connectivity index (χ0v) is 13.5. The van der Waals surface area contributed by atoms with Gasteiger partial charge in [0.2, 0.25) is 10.0 Å². The molecule has 0 amide bonds. The lowest BCUT2D eigenvalue weighted by Crippen LogP contribution is -2.37. The van der Waals surface area contributed by atoms with Gasteiger partial charge in [0.1, 0.15) is 4.90 Å². The first kappa shape index (κ1) is 15.8. The van der Waals surface area contributed by atoms with Crippen LogP contribution in [0.4, 0.5) is 0 Å². The van der Waals surface area contributed by atoms with Crippen molar-refractivity contribution < 1.29 is 8.42 Å². The molecule has 4 nitrogen and oxygen atoms in total. The van der Waals surface area contributed by atoms with E-state index in [1.165, 1.54) is 4.31 Å². The van der Waals surface area contributed by atoms with E-state index in [1.54, 1.807) is 25.2 Å². The summed E-state index contributed by atoms with van der Waals surface area (Å²) in [4.78, 5) is 0.196. The minimum atomic E-state index is -3.50. The maximum Gasteiger partial charge on any atom is 0.244 e. The number of halogens is 1. The first-order valence-electron chi connectivity index (χ1n) is 6.84. The Kier molecular flexibility index (Phi) is 5.07. The highest BCUT2D eigenvalue weighted by atomic mass is 35.5. The number of hydrogen-bond acceptors (Lipinski definition) is 3. The normalized spacial score (nSPS) is 17.6. The van der Waals surface area contributed by atoms with Crippen molar-refractivity contribution >= 4 is 21.6 Å². The number of nitrogens with zero attached hydrogens (tertiary/aromatic N) is 1. The molecule has 0 aromatic heterocycles. The first-order chi connectivity index (χ1) is 9.41. The molecular weight excluding hydrogens is 296 g/mol. The van der Waals surface area contributed by atoms with Crippen molar-refractivity contribution in [1.29, 1.82) is 0 Å². The molecule has 0 bridgehead atoms. The van der Waals surface area contributed by atoms with Crippen LogP contribution in [0.3, 0.4) is 0 Å². The minimum Gasteiger partial charge on any atom is -0.317 e. The summed E-state index contributed by atoms with van der Waals surface area (Å²) in [6, 6.07) is 5.05. The summed E-state index contributed by atoms with van der Waals surface area (Å²) in [5.41, 5.74) is 0.954. The molecule has 0 aliphatic carbocycles. The summed E-state index contributed by atoms with van der Waals surface area (Å²) >= 11 is 6.09. The van der Waals surface area contributed by atoms with E-state index < -0.39 is 10.0 Å². The van der Waals surface area contributed by atoms with Gasteiger partial charge < -0.3 is 5.32 Å². The molecule has 1 N–H and O–H groups in total. The molecule has 20 heavy (non-hydrogen) atoms. The fraction of sp³-hybridized carbons (Fsp3) is 0.571. The van der Waals surface area contributed by atoms with Gasteiger partial charge in [-0.3, -0.25) is 0 Å². The molecular formula is C14H21ClN2O2S. The van der Waals surface area contributed by atoms with Crippen LogP contribution >= 0.6 is 11.6 Å². The zero-order chi connectivity index (χ0) is 14.8. The van der Waals surface area contributed by atoms with Gasteiger partial charge in [-0.25, -0.2) is 12.7 Å². The van der Waals surface area contributed by atoms with Crippen LogP contribution in [0.5, 0.6) is 0 Å². The predicted molar refractivity (Wildman–Crippen MR) is 81.6 cm³/mol. The second-order valence-electron chi connectivity index (χ2n) is 5.41. The van der Waals surface area contributed by atoms with Crippen LogP contribution in [0, 0.1) is 12.8 Å². The molecule has 0 unspecified atom stereocenters. The highest BCUT2D eigenvalue weighted by Gasteiger charge is 2.26. The van der Waals surface area contributed by atoms with Crippen molar-refractivity contribution in [1.82, 2.24) is 9.62 Å². The van der Waals surface area contributed by atoms with E-state index in [-0.39, 0.29) is 4.90 Å². The summed E-state index contributed by atoms with van der Waals surface area (Å²) in [5, 5.41) is 3.58. The SMILES string of the molecule is Cc1ccc(S(=O)(=O)N(C)CC2CCNCC2)c(Cl)c1. The molecule has 1 saturated heterocycles. The van der Waals surface area contributed by atoms with E-state index in [9.17, 15) is 8.42 Å². The number of sulfonamides is 1. The van der Waals surface area contributed by atoms with Crippen LogP contribution in [0.2, 0.25) is 5.02 Å². The number of nitrogens with one attached hydrogen (secondary N) is 1. The largest absolute Gasteiger partial charge is 0.317 e. The molecule has 2 rings (SSSR count). The van der Waals surface area contributed by atoms with Crippen LogP contribution in [0.1, 0.15) is 18.4 Å². The maximum atomic E-state index is 12.6. The van der Waals surface area contributed by atoms with Crippen molar-refractivity contribution in [3.63, 3.8) is 0 Å². The van der Waals surface area contributed by atoms with Crippen LogP contribution in [-0.4, -0.2) is 39.4 Å². The Bertz CT molecular complexity index is 569. The number of piperidine rings is 1. The van der Waals surface area contributed by atoms with Crippen molar-refractivity contribution in [2.24, 2.45) is 5.92 Å². The third-order valence-electron chi connectivity index (χ3n) is 3.75. The number of hydrogen-bond donors (Lipinski definition) is 1. The van der Waals surface area contributed by atoms with Crippen LogP contribution < -0.4 is 5.32 Å². The summed E-state index contributed by atoms with van der Waals surface area (Å²) in [6.07, 6.45) is 2.03. The van der Waals surface area contributed by atoms with E-state index in [0.29, 0.717) is 17.5 Å². The standard InChI is InChI=1S/C14H21ClN2O2S/c1-11-3-4-14(13(15)9-11)20(18,19)17(2)10-12-5-7-16-8-6-12/h3-4,9,12,16H,5-8,10H2,1-2H3. The molecule has 0 saturated carbocycles. The second kappa shape index (κ2) is 6.43. The molecule has 1 aromatic rings. The molecule has 0 spiro atoms. The molecule has 6 heteroatoms. The Morgan fingerprint density at radius 1 is 1.35 bits per heavy atom. The third-order valence-corrected chi connectivity index (χ3v) is 6.06. The van der Waals surface area contributed by atoms with Gasteiger partial charge in [0.05, 0.1) is 5.02 Å². The van der Waals surface area contributed by atoms with Crippen molar-refractivity contribution in [2.45, 2.75) is 24.7 Å². The highest BCUT2D eigenvalue weighted by molar-refractivity contribution is 7.89. The fourth-order valence-corrected chi connectivity index (χ4v) is 4.32. The Morgan fingerprint density at radius 3 is 2.60 bits per heavy atom. The van der Waals surface area contributed by atoms with E-state index in [2.05, 4.69) is 5.32 Å². The smallest absolute Gasteiger partial charge is 0.244 e. The van der Waals surface area contributed by atoms with Gasteiger partial charge in [-0.2, -0.15) is 0 Å². The molecule has 0 atom stereocenters. The topological polar surface area (TPSA) is 49.4 Å². The average Bonchev–Trinajstić information content (AvgIpc) is 2.39. The van der Waals surface area contributed by atoms with Crippen LogP contribution in [0.15, 0.2) is 23.1 Å². The lowest BCUT2D eigenvalue weighted by molar-refractivity contribution is 0.311. The molecule has 0 radical (unpaired) electrons. The first-order valence-corrected chi connectivity index (χ1v) is 8.66. The summed E-state index contributed by atoms with van der Waals surface area (Å²) < 4.78 is 26.6. The van der Waals surface area contributed by atoms with Gasteiger partial charge in [-0.1, -0.05) is 17.7 Å². The summed E-state index contributed by atoms with van der Waals surface area (Å²) in [6.45, 7) is 4.36. The Hall–Kier alpha value is -0.620. The monoisotopic (exact) mass is 316 g/mol. The van der Waals surface area contributed by atoms with E-state index in [1.807, 2.05) is 6.92 Å². The number of rotatable bonds is 4.